The molecule has 2 atom stereocenters. The van der Waals surface area contributed by atoms with Crippen molar-refractivity contribution >= 4 is 17.3 Å². The molecule has 1 amide bonds. The lowest BCUT2D eigenvalue weighted by atomic mass is 9.75. The molecule has 5 N–H and O–H groups in total. The van der Waals surface area contributed by atoms with E-state index in [9.17, 15) is 15.1 Å². The van der Waals surface area contributed by atoms with Gasteiger partial charge in [0, 0.05) is 24.5 Å². The van der Waals surface area contributed by atoms with Crippen molar-refractivity contribution in [3.63, 3.8) is 0 Å². The largest absolute Gasteiger partial charge is 0.399 e. The van der Waals surface area contributed by atoms with Crippen molar-refractivity contribution in [3.8, 4) is 0 Å². The minimum atomic E-state index is -1.07. The summed E-state index contributed by atoms with van der Waals surface area (Å²) in [6, 6.07) is 5.45. The quantitative estimate of drug-likeness (QED) is 0.578. The first-order chi connectivity index (χ1) is 9.98. The van der Waals surface area contributed by atoms with E-state index in [1.54, 1.807) is 12.1 Å². The number of carbonyl (C=O) groups excluding carboxylic acids is 1. The first-order valence-corrected chi connectivity index (χ1v) is 7.33. The number of nitrogens with one attached hydrogen (secondary N) is 1. The second-order valence-electron chi connectivity index (χ2n) is 6.07. The molecule has 2 aliphatic heterocycles. The molecule has 114 valence electrons. The summed E-state index contributed by atoms with van der Waals surface area (Å²) in [5.41, 5.74) is 7.00. The van der Waals surface area contributed by atoms with Crippen molar-refractivity contribution in [2.75, 3.05) is 24.1 Å². The smallest absolute Gasteiger partial charge is 0.230 e. The van der Waals surface area contributed by atoms with Crippen molar-refractivity contribution in [1.82, 2.24) is 5.06 Å². The number of hydrogen-bond acceptors (Lipinski definition) is 5. The molecule has 2 unspecified atom stereocenters. The molecule has 0 spiro atoms. The van der Waals surface area contributed by atoms with Crippen LogP contribution in [0.5, 0.6) is 0 Å². The van der Waals surface area contributed by atoms with Gasteiger partial charge >= 0.3 is 0 Å². The lowest BCUT2D eigenvalue weighted by Gasteiger charge is -2.37. The van der Waals surface area contributed by atoms with Crippen molar-refractivity contribution in [2.45, 2.75) is 31.3 Å². The molecule has 0 aliphatic carbocycles. The number of rotatable bonds is 1. The number of hydroxylamine groups is 2. The summed E-state index contributed by atoms with van der Waals surface area (Å²) in [6.45, 7) is 0.915. The van der Waals surface area contributed by atoms with Gasteiger partial charge in [-0.1, -0.05) is 6.07 Å². The van der Waals surface area contributed by atoms with Crippen LogP contribution in [0.3, 0.4) is 0 Å². The predicted octanol–water partition coefficient (Wildman–Crippen LogP) is 0.986. The molecule has 2 aliphatic rings. The average Bonchev–Trinajstić information content (AvgIpc) is 2.60. The van der Waals surface area contributed by atoms with Crippen LogP contribution in [0.2, 0.25) is 0 Å². The van der Waals surface area contributed by atoms with Gasteiger partial charge in [0.1, 0.15) is 0 Å². The minimum Gasteiger partial charge on any atom is -0.399 e. The maximum Gasteiger partial charge on any atom is 0.230 e. The van der Waals surface area contributed by atoms with E-state index in [1.165, 1.54) is 5.06 Å². The van der Waals surface area contributed by atoms with Gasteiger partial charge < -0.3 is 21.4 Å². The SMILES string of the molecule is Nc1ccc2c(c1)NC(=O)C(C1(O)CCCN(O)CC1)C2. The zero-order valence-corrected chi connectivity index (χ0v) is 11.9. The number of nitrogens with zero attached hydrogens (tertiary/aromatic N) is 1. The van der Waals surface area contributed by atoms with Gasteiger partial charge in [-0.05, 0) is 43.4 Å². The molecule has 0 aromatic heterocycles. The van der Waals surface area contributed by atoms with E-state index in [1.807, 2.05) is 6.07 Å². The highest BCUT2D eigenvalue weighted by Crippen LogP contribution is 2.37. The lowest BCUT2D eigenvalue weighted by molar-refractivity contribution is -0.133. The molecule has 1 saturated heterocycles. The number of aliphatic hydroxyl groups is 1. The number of benzene rings is 1. The van der Waals surface area contributed by atoms with Crippen LogP contribution in [-0.4, -0.2) is 40.0 Å². The molecule has 1 fully saturated rings. The number of fused-ring (bicyclic) bond motifs is 1. The molecule has 1 aromatic rings. The van der Waals surface area contributed by atoms with Gasteiger partial charge in [-0.2, -0.15) is 5.06 Å². The van der Waals surface area contributed by atoms with Crippen molar-refractivity contribution in [3.05, 3.63) is 23.8 Å². The lowest BCUT2D eigenvalue weighted by Crippen LogP contribution is -2.48. The molecule has 6 heteroatoms. The van der Waals surface area contributed by atoms with Crippen molar-refractivity contribution < 1.29 is 15.1 Å². The first kappa shape index (κ1) is 14.3. The minimum absolute atomic E-state index is 0.165. The molecule has 21 heavy (non-hydrogen) atoms. The normalized spacial score (nSPS) is 30.4. The highest BCUT2D eigenvalue weighted by Gasteiger charge is 2.44. The van der Waals surface area contributed by atoms with E-state index in [-0.39, 0.29) is 5.91 Å². The Balaban J connectivity index is 1.85. The highest BCUT2D eigenvalue weighted by molar-refractivity contribution is 5.97. The second-order valence-corrected chi connectivity index (χ2v) is 6.07. The summed E-state index contributed by atoms with van der Waals surface area (Å²) < 4.78 is 0. The monoisotopic (exact) mass is 291 g/mol. The van der Waals surface area contributed by atoms with E-state index in [0.29, 0.717) is 44.5 Å². The summed E-state index contributed by atoms with van der Waals surface area (Å²) in [4.78, 5) is 12.4. The first-order valence-electron chi connectivity index (χ1n) is 7.33. The topological polar surface area (TPSA) is 98.8 Å². The highest BCUT2D eigenvalue weighted by atomic mass is 16.5. The Morgan fingerprint density at radius 1 is 1.33 bits per heavy atom. The summed E-state index contributed by atoms with van der Waals surface area (Å²) in [6.07, 6.45) is 2.09. The fourth-order valence-electron chi connectivity index (χ4n) is 3.33. The third-order valence-corrected chi connectivity index (χ3v) is 4.61. The zero-order chi connectivity index (χ0) is 15.0. The van der Waals surface area contributed by atoms with E-state index in [4.69, 9.17) is 5.73 Å². The van der Waals surface area contributed by atoms with Gasteiger partial charge in [0.25, 0.3) is 0 Å². The van der Waals surface area contributed by atoms with Crippen LogP contribution < -0.4 is 11.1 Å². The number of carbonyl (C=O) groups is 1. The molecule has 3 rings (SSSR count). The fraction of sp³-hybridized carbons (Fsp3) is 0.533. The number of amides is 1. The van der Waals surface area contributed by atoms with E-state index in [2.05, 4.69) is 5.32 Å². The Morgan fingerprint density at radius 2 is 2.14 bits per heavy atom. The standard InChI is InChI=1S/C15H21N3O3/c16-11-3-2-10-8-12(14(19)17-13(10)9-11)15(20)4-1-6-18(21)7-5-15/h2-3,9,12,20-21H,1,4-8,16H2,(H,17,19). The van der Waals surface area contributed by atoms with Crippen LogP contribution in [0.1, 0.15) is 24.8 Å². The Bertz CT molecular complexity index is 563. The predicted molar refractivity (Wildman–Crippen MR) is 78.8 cm³/mol. The summed E-state index contributed by atoms with van der Waals surface area (Å²) in [7, 11) is 0. The van der Waals surface area contributed by atoms with Gasteiger partial charge in [-0.3, -0.25) is 4.79 Å². The summed E-state index contributed by atoms with van der Waals surface area (Å²) in [5.74, 6) is -0.651. The maximum atomic E-state index is 12.4. The average molecular weight is 291 g/mol. The zero-order valence-electron chi connectivity index (χ0n) is 11.9. The fourth-order valence-corrected chi connectivity index (χ4v) is 3.33. The molecule has 0 radical (unpaired) electrons. The molecule has 0 bridgehead atoms. The molecule has 0 saturated carbocycles. The number of anilines is 2. The Hall–Kier alpha value is -1.63. The number of nitrogens with two attached hydrogens (primary N) is 1. The van der Waals surface area contributed by atoms with Gasteiger partial charge in [0.15, 0.2) is 0 Å². The van der Waals surface area contributed by atoms with E-state index in [0.717, 1.165) is 11.3 Å². The number of hydrogen-bond donors (Lipinski definition) is 4. The van der Waals surface area contributed by atoms with Crippen molar-refractivity contribution in [1.29, 1.82) is 0 Å². The molecule has 6 nitrogen and oxygen atoms in total. The molecule has 1 aromatic carbocycles. The third-order valence-electron chi connectivity index (χ3n) is 4.61. The van der Waals surface area contributed by atoms with Crippen LogP contribution in [-0.2, 0) is 11.2 Å². The summed E-state index contributed by atoms with van der Waals surface area (Å²) >= 11 is 0. The molecular weight excluding hydrogens is 270 g/mol. The van der Waals surface area contributed by atoms with Gasteiger partial charge in [0.2, 0.25) is 5.91 Å². The number of nitrogen functional groups attached to an aromatic ring is 1. The van der Waals surface area contributed by atoms with Gasteiger partial charge in [0.05, 0.1) is 11.5 Å². The van der Waals surface area contributed by atoms with E-state index >= 15 is 0 Å². The van der Waals surface area contributed by atoms with Gasteiger partial charge in [-0.25, -0.2) is 0 Å². The van der Waals surface area contributed by atoms with Crippen LogP contribution in [0.25, 0.3) is 0 Å². The van der Waals surface area contributed by atoms with Crippen LogP contribution in [0.4, 0.5) is 11.4 Å². The van der Waals surface area contributed by atoms with Crippen LogP contribution in [0.15, 0.2) is 18.2 Å². The van der Waals surface area contributed by atoms with Crippen LogP contribution >= 0.6 is 0 Å². The van der Waals surface area contributed by atoms with Crippen LogP contribution in [0, 0.1) is 5.92 Å². The Morgan fingerprint density at radius 3 is 2.95 bits per heavy atom. The molecular formula is C15H21N3O3. The summed E-state index contributed by atoms with van der Waals surface area (Å²) in [5, 5.41) is 24.6. The second kappa shape index (κ2) is 5.29. The molecule has 2 heterocycles. The van der Waals surface area contributed by atoms with Gasteiger partial charge in [-0.15, -0.1) is 0 Å². The Kier molecular flexibility index (Phi) is 3.61. The third kappa shape index (κ3) is 2.74. The Labute approximate surface area is 123 Å². The van der Waals surface area contributed by atoms with E-state index < -0.39 is 11.5 Å². The maximum absolute atomic E-state index is 12.4. The van der Waals surface area contributed by atoms with Crippen molar-refractivity contribution in [2.24, 2.45) is 5.92 Å².